The molecule has 4 nitrogen and oxygen atoms in total. The van der Waals surface area contributed by atoms with Gasteiger partial charge in [0.15, 0.2) is 0 Å². The van der Waals surface area contributed by atoms with Gasteiger partial charge in [-0.3, -0.25) is 0 Å². The zero-order chi connectivity index (χ0) is 8.27. The van der Waals surface area contributed by atoms with Gasteiger partial charge in [0.05, 0.1) is 0 Å². The highest BCUT2D eigenvalue weighted by atomic mass is 16.6. The molecule has 3 N–H and O–H groups in total. The van der Waals surface area contributed by atoms with Crippen LogP contribution in [0.3, 0.4) is 0 Å². The highest BCUT2D eigenvalue weighted by Gasteiger charge is 2.23. The number of primary amides is 1. The standard InChI is InChI=1S/C7H14N2O2/c1-5-2-3-9-4-6(5)11-7(8)10/h5-6,9H,2-4H2,1H3,(H2,8,10). The minimum atomic E-state index is -0.675. The van der Waals surface area contributed by atoms with E-state index in [9.17, 15) is 4.79 Å². The summed E-state index contributed by atoms with van der Waals surface area (Å²) in [7, 11) is 0. The van der Waals surface area contributed by atoms with Crippen molar-refractivity contribution in [3.8, 4) is 0 Å². The summed E-state index contributed by atoms with van der Waals surface area (Å²) in [6.07, 6.45) is 0.324. The second-order valence-electron chi connectivity index (χ2n) is 2.95. The fourth-order valence-corrected chi connectivity index (χ4v) is 1.27. The van der Waals surface area contributed by atoms with Gasteiger partial charge in [-0.05, 0) is 18.9 Å². The molecular formula is C7H14N2O2. The molecule has 64 valence electrons. The van der Waals surface area contributed by atoms with Crippen LogP contribution in [0.4, 0.5) is 4.79 Å². The Kier molecular flexibility index (Phi) is 2.70. The van der Waals surface area contributed by atoms with E-state index < -0.39 is 6.09 Å². The van der Waals surface area contributed by atoms with Gasteiger partial charge in [-0.2, -0.15) is 0 Å². The summed E-state index contributed by atoms with van der Waals surface area (Å²) in [4.78, 5) is 10.4. The first-order valence-corrected chi connectivity index (χ1v) is 3.87. The fourth-order valence-electron chi connectivity index (χ4n) is 1.27. The SMILES string of the molecule is CC1CCNCC1OC(N)=O. The molecule has 0 aliphatic carbocycles. The second-order valence-corrected chi connectivity index (χ2v) is 2.95. The quantitative estimate of drug-likeness (QED) is 0.568. The Balaban J connectivity index is 2.35. The zero-order valence-electron chi connectivity index (χ0n) is 6.67. The lowest BCUT2D eigenvalue weighted by molar-refractivity contribution is 0.0583. The first kappa shape index (κ1) is 8.33. The van der Waals surface area contributed by atoms with Gasteiger partial charge in [-0.1, -0.05) is 6.92 Å². The molecule has 1 saturated heterocycles. The number of amides is 1. The van der Waals surface area contributed by atoms with Crippen molar-refractivity contribution in [1.82, 2.24) is 5.32 Å². The van der Waals surface area contributed by atoms with Crippen molar-refractivity contribution < 1.29 is 9.53 Å². The van der Waals surface area contributed by atoms with Crippen molar-refractivity contribution in [2.45, 2.75) is 19.4 Å². The summed E-state index contributed by atoms with van der Waals surface area (Å²) in [6, 6.07) is 0. The monoisotopic (exact) mass is 158 g/mol. The van der Waals surface area contributed by atoms with Gasteiger partial charge in [0.2, 0.25) is 0 Å². The van der Waals surface area contributed by atoms with Crippen LogP contribution in [-0.2, 0) is 4.74 Å². The van der Waals surface area contributed by atoms with E-state index in [1.54, 1.807) is 0 Å². The smallest absolute Gasteiger partial charge is 0.404 e. The Bertz CT molecular complexity index is 149. The molecule has 1 heterocycles. The summed E-state index contributed by atoms with van der Waals surface area (Å²) in [5, 5.41) is 3.14. The lowest BCUT2D eigenvalue weighted by Gasteiger charge is -2.28. The molecule has 11 heavy (non-hydrogen) atoms. The normalized spacial score (nSPS) is 31.4. The molecule has 0 aromatic carbocycles. The fraction of sp³-hybridized carbons (Fsp3) is 0.857. The Labute approximate surface area is 66.1 Å². The third-order valence-corrected chi connectivity index (χ3v) is 2.02. The van der Waals surface area contributed by atoms with E-state index in [1.165, 1.54) is 0 Å². The lowest BCUT2D eigenvalue weighted by Crippen LogP contribution is -2.43. The maximum Gasteiger partial charge on any atom is 0.404 e. The van der Waals surface area contributed by atoms with Gasteiger partial charge in [-0.15, -0.1) is 0 Å². The molecule has 1 amide bonds. The van der Waals surface area contributed by atoms with Crippen molar-refractivity contribution in [1.29, 1.82) is 0 Å². The summed E-state index contributed by atoms with van der Waals surface area (Å²) >= 11 is 0. The topological polar surface area (TPSA) is 64.3 Å². The van der Waals surface area contributed by atoms with E-state index in [-0.39, 0.29) is 6.10 Å². The van der Waals surface area contributed by atoms with Crippen molar-refractivity contribution >= 4 is 6.09 Å². The Hall–Kier alpha value is -0.770. The van der Waals surface area contributed by atoms with E-state index in [2.05, 4.69) is 12.2 Å². The van der Waals surface area contributed by atoms with Crippen LogP contribution >= 0.6 is 0 Å². The van der Waals surface area contributed by atoms with Gasteiger partial charge in [0, 0.05) is 6.54 Å². The molecule has 0 saturated carbocycles. The Morgan fingerprint density at radius 1 is 1.73 bits per heavy atom. The minimum Gasteiger partial charge on any atom is -0.445 e. The summed E-state index contributed by atoms with van der Waals surface area (Å²) < 4.78 is 4.88. The second kappa shape index (κ2) is 3.57. The summed E-state index contributed by atoms with van der Waals surface area (Å²) in [6.45, 7) is 3.79. The number of nitrogens with one attached hydrogen (secondary N) is 1. The summed E-state index contributed by atoms with van der Waals surface area (Å²) in [5.74, 6) is 0.420. The average molecular weight is 158 g/mol. The molecule has 0 spiro atoms. The van der Waals surface area contributed by atoms with Crippen molar-refractivity contribution in [3.63, 3.8) is 0 Å². The summed E-state index contributed by atoms with van der Waals surface area (Å²) in [5.41, 5.74) is 4.90. The maximum absolute atomic E-state index is 10.4. The molecule has 4 heteroatoms. The lowest BCUT2D eigenvalue weighted by atomic mass is 9.97. The molecule has 2 atom stereocenters. The molecule has 0 aromatic heterocycles. The van der Waals surface area contributed by atoms with Crippen LogP contribution in [0.1, 0.15) is 13.3 Å². The molecule has 1 fully saturated rings. The Morgan fingerprint density at radius 3 is 3.00 bits per heavy atom. The van der Waals surface area contributed by atoms with E-state index >= 15 is 0 Å². The number of hydrogen-bond donors (Lipinski definition) is 2. The van der Waals surface area contributed by atoms with Crippen LogP contribution in [-0.4, -0.2) is 25.3 Å². The van der Waals surface area contributed by atoms with Crippen LogP contribution in [0.5, 0.6) is 0 Å². The van der Waals surface area contributed by atoms with E-state index in [0.717, 1.165) is 19.5 Å². The van der Waals surface area contributed by atoms with Crippen molar-refractivity contribution in [2.75, 3.05) is 13.1 Å². The number of hydrogen-bond acceptors (Lipinski definition) is 3. The minimum absolute atomic E-state index is 0.0405. The first-order valence-electron chi connectivity index (χ1n) is 3.87. The largest absolute Gasteiger partial charge is 0.445 e. The number of rotatable bonds is 1. The Morgan fingerprint density at radius 2 is 2.45 bits per heavy atom. The van der Waals surface area contributed by atoms with E-state index in [4.69, 9.17) is 10.5 Å². The van der Waals surface area contributed by atoms with Crippen LogP contribution in [0, 0.1) is 5.92 Å². The van der Waals surface area contributed by atoms with Gasteiger partial charge in [0.25, 0.3) is 0 Å². The number of nitrogens with two attached hydrogens (primary N) is 1. The molecule has 1 rings (SSSR count). The number of carbonyl (C=O) groups is 1. The highest BCUT2D eigenvalue weighted by Crippen LogP contribution is 2.14. The molecular weight excluding hydrogens is 144 g/mol. The van der Waals surface area contributed by atoms with Gasteiger partial charge >= 0.3 is 6.09 Å². The van der Waals surface area contributed by atoms with Crippen LogP contribution in [0.25, 0.3) is 0 Å². The van der Waals surface area contributed by atoms with E-state index in [1.807, 2.05) is 0 Å². The number of ether oxygens (including phenoxy) is 1. The predicted octanol–water partition coefficient (Wildman–Crippen LogP) is 0.0797. The zero-order valence-corrected chi connectivity index (χ0v) is 6.67. The number of piperidine rings is 1. The maximum atomic E-state index is 10.4. The molecule has 0 radical (unpaired) electrons. The highest BCUT2D eigenvalue weighted by molar-refractivity contribution is 5.64. The molecule has 0 aromatic rings. The molecule has 1 aliphatic rings. The third-order valence-electron chi connectivity index (χ3n) is 2.02. The van der Waals surface area contributed by atoms with Gasteiger partial charge in [-0.25, -0.2) is 4.79 Å². The van der Waals surface area contributed by atoms with Crippen LogP contribution in [0.2, 0.25) is 0 Å². The van der Waals surface area contributed by atoms with Gasteiger partial charge < -0.3 is 15.8 Å². The van der Waals surface area contributed by atoms with Crippen LogP contribution < -0.4 is 11.1 Å². The molecule has 2 unspecified atom stereocenters. The average Bonchev–Trinajstić information content (AvgIpc) is 1.93. The molecule has 0 bridgehead atoms. The third kappa shape index (κ3) is 2.38. The van der Waals surface area contributed by atoms with E-state index in [0.29, 0.717) is 5.92 Å². The number of carbonyl (C=O) groups excluding carboxylic acids is 1. The van der Waals surface area contributed by atoms with Crippen molar-refractivity contribution in [2.24, 2.45) is 11.7 Å². The molecule has 1 aliphatic heterocycles. The predicted molar refractivity (Wildman–Crippen MR) is 41.1 cm³/mol. The van der Waals surface area contributed by atoms with Gasteiger partial charge in [0.1, 0.15) is 6.10 Å². The van der Waals surface area contributed by atoms with Crippen LogP contribution in [0.15, 0.2) is 0 Å². The van der Waals surface area contributed by atoms with Crippen molar-refractivity contribution in [3.05, 3.63) is 0 Å². The first-order chi connectivity index (χ1) is 5.20.